The molecular weight excluding hydrogens is 308 g/mol. The molecule has 0 radical (unpaired) electrons. The molecule has 126 valence electrons. The molecule has 1 aromatic rings. The van der Waals surface area contributed by atoms with Crippen molar-refractivity contribution in [2.24, 2.45) is 0 Å². The maximum absolute atomic E-state index is 12.7. The number of anilines is 1. The molecule has 4 nitrogen and oxygen atoms in total. The van der Waals surface area contributed by atoms with E-state index in [1.165, 1.54) is 6.42 Å². The molecule has 1 aromatic carbocycles. The number of nitrogens with zero attached hydrogens (tertiary/aromatic N) is 1. The fourth-order valence-corrected chi connectivity index (χ4v) is 3.30. The van der Waals surface area contributed by atoms with Crippen molar-refractivity contribution in [1.29, 1.82) is 0 Å². The van der Waals surface area contributed by atoms with Crippen molar-refractivity contribution >= 4 is 29.3 Å². The van der Waals surface area contributed by atoms with Crippen LogP contribution in [0, 0.1) is 6.92 Å². The number of likely N-dealkylation sites (tertiary alicyclic amines) is 1. The molecule has 1 aliphatic heterocycles. The zero-order valence-electron chi connectivity index (χ0n) is 14.2. The molecule has 1 heterocycles. The Morgan fingerprint density at radius 3 is 2.78 bits per heavy atom. The van der Waals surface area contributed by atoms with Gasteiger partial charge in [-0.25, -0.2) is 0 Å². The summed E-state index contributed by atoms with van der Waals surface area (Å²) in [6.45, 7) is 4.89. The molecule has 5 heteroatoms. The van der Waals surface area contributed by atoms with Crippen LogP contribution in [0.4, 0.5) is 5.69 Å². The second kappa shape index (κ2) is 8.39. The van der Waals surface area contributed by atoms with Gasteiger partial charge in [-0.3, -0.25) is 9.59 Å². The third-order valence-corrected chi connectivity index (χ3v) is 4.96. The number of benzene rings is 1. The van der Waals surface area contributed by atoms with Gasteiger partial charge in [0, 0.05) is 36.0 Å². The normalized spacial score (nSPS) is 17.9. The van der Waals surface area contributed by atoms with Gasteiger partial charge in [0.05, 0.1) is 0 Å². The number of rotatable bonds is 5. The quantitative estimate of drug-likeness (QED) is 0.893. The van der Waals surface area contributed by atoms with Crippen LogP contribution >= 0.6 is 11.8 Å². The minimum Gasteiger partial charge on any atom is -0.336 e. The predicted molar refractivity (Wildman–Crippen MR) is 97.2 cm³/mol. The molecule has 1 N–H and O–H groups in total. The third-order valence-electron chi connectivity index (χ3n) is 4.34. The van der Waals surface area contributed by atoms with Crippen molar-refractivity contribution in [2.45, 2.75) is 45.6 Å². The number of amides is 2. The van der Waals surface area contributed by atoms with Crippen LogP contribution in [0.25, 0.3) is 0 Å². The number of thioether (sulfide) groups is 1. The van der Waals surface area contributed by atoms with E-state index in [2.05, 4.69) is 12.2 Å². The first-order valence-corrected chi connectivity index (χ1v) is 9.62. The van der Waals surface area contributed by atoms with Crippen LogP contribution in [0.1, 0.15) is 48.5 Å². The molecule has 1 atom stereocenters. The summed E-state index contributed by atoms with van der Waals surface area (Å²) in [6, 6.07) is 5.85. The molecule has 2 amide bonds. The summed E-state index contributed by atoms with van der Waals surface area (Å²) >= 11 is 1.66. The van der Waals surface area contributed by atoms with Gasteiger partial charge < -0.3 is 10.2 Å². The zero-order valence-corrected chi connectivity index (χ0v) is 15.0. The van der Waals surface area contributed by atoms with Crippen molar-refractivity contribution in [3.63, 3.8) is 0 Å². The summed E-state index contributed by atoms with van der Waals surface area (Å²) in [5, 5.41) is 2.92. The van der Waals surface area contributed by atoms with E-state index in [0.717, 1.165) is 36.4 Å². The maximum atomic E-state index is 12.7. The molecule has 0 aromatic heterocycles. The zero-order chi connectivity index (χ0) is 16.8. The van der Waals surface area contributed by atoms with Gasteiger partial charge in [-0.2, -0.15) is 11.8 Å². The van der Waals surface area contributed by atoms with Gasteiger partial charge in [-0.05, 0) is 63.1 Å². The van der Waals surface area contributed by atoms with E-state index >= 15 is 0 Å². The molecule has 0 saturated carbocycles. The van der Waals surface area contributed by atoms with Crippen molar-refractivity contribution in [1.82, 2.24) is 4.90 Å². The SMILES string of the molecule is CSCCC(=O)Nc1ccc(C(=O)N2CCCCC2C)cc1C. The average molecular weight is 334 g/mol. The lowest BCUT2D eigenvalue weighted by molar-refractivity contribution is -0.115. The monoisotopic (exact) mass is 334 g/mol. The number of nitrogens with one attached hydrogen (secondary N) is 1. The van der Waals surface area contributed by atoms with E-state index in [-0.39, 0.29) is 11.8 Å². The first-order chi connectivity index (χ1) is 11.0. The van der Waals surface area contributed by atoms with Gasteiger partial charge in [0.25, 0.3) is 5.91 Å². The second-order valence-electron chi connectivity index (χ2n) is 6.16. The lowest BCUT2D eigenvalue weighted by Gasteiger charge is -2.33. The Morgan fingerprint density at radius 2 is 2.13 bits per heavy atom. The molecule has 0 bridgehead atoms. The molecule has 1 saturated heterocycles. The van der Waals surface area contributed by atoms with E-state index in [4.69, 9.17) is 0 Å². The van der Waals surface area contributed by atoms with Crippen molar-refractivity contribution in [3.8, 4) is 0 Å². The molecule has 2 rings (SSSR count). The lowest BCUT2D eigenvalue weighted by atomic mass is 10.0. The second-order valence-corrected chi connectivity index (χ2v) is 7.15. The Morgan fingerprint density at radius 1 is 1.35 bits per heavy atom. The van der Waals surface area contributed by atoms with Gasteiger partial charge in [0.15, 0.2) is 0 Å². The van der Waals surface area contributed by atoms with Crippen molar-refractivity contribution < 1.29 is 9.59 Å². The molecule has 1 fully saturated rings. The van der Waals surface area contributed by atoms with E-state index < -0.39 is 0 Å². The highest BCUT2D eigenvalue weighted by Crippen LogP contribution is 2.22. The van der Waals surface area contributed by atoms with Crippen LogP contribution in [0.5, 0.6) is 0 Å². The van der Waals surface area contributed by atoms with Crippen LogP contribution in [0.15, 0.2) is 18.2 Å². The number of piperidine rings is 1. The fraction of sp³-hybridized carbons (Fsp3) is 0.556. The van der Waals surface area contributed by atoms with Gasteiger partial charge in [0.1, 0.15) is 0 Å². The molecule has 23 heavy (non-hydrogen) atoms. The molecular formula is C18H26N2O2S. The summed E-state index contributed by atoms with van der Waals surface area (Å²) in [7, 11) is 0. The van der Waals surface area contributed by atoms with Crippen LogP contribution in [0.2, 0.25) is 0 Å². The van der Waals surface area contributed by atoms with Crippen molar-refractivity contribution in [3.05, 3.63) is 29.3 Å². The Bertz CT molecular complexity index is 574. The van der Waals surface area contributed by atoms with Crippen LogP contribution in [-0.4, -0.2) is 41.3 Å². The molecule has 1 unspecified atom stereocenters. The summed E-state index contributed by atoms with van der Waals surface area (Å²) < 4.78 is 0. The highest BCUT2D eigenvalue weighted by atomic mass is 32.2. The average Bonchev–Trinajstić information content (AvgIpc) is 2.54. The van der Waals surface area contributed by atoms with Gasteiger partial charge in [0.2, 0.25) is 5.91 Å². The Balaban J connectivity index is 2.06. The topological polar surface area (TPSA) is 49.4 Å². The fourth-order valence-electron chi connectivity index (χ4n) is 2.91. The maximum Gasteiger partial charge on any atom is 0.254 e. The number of carbonyl (C=O) groups excluding carboxylic acids is 2. The minimum absolute atomic E-state index is 0.0196. The summed E-state index contributed by atoms with van der Waals surface area (Å²) in [6.07, 6.45) is 5.85. The highest BCUT2D eigenvalue weighted by Gasteiger charge is 2.24. The molecule has 0 aliphatic carbocycles. The number of aryl methyl sites for hydroxylation is 1. The van der Waals surface area contributed by atoms with Gasteiger partial charge in [-0.15, -0.1) is 0 Å². The summed E-state index contributed by atoms with van der Waals surface area (Å²) in [5.41, 5.74) is 2.43. The molecule has 0 spiro atoms. The van der Waals surface area contributed by atoms with Gasteiger partial charge >= 0.3 is 0 Å². The standard InChI is InChI=1S/C18H26N2O2S/c1-13-12-15(18(22)20-10-5-4-6-14(20)2)7-8-16(13)19-17(21)9-11-23-3/h7-8,12,14H,4-6,9-11H2,1-3H3,(H,19,21). The first-order valence-electron chi connectivity index (χ1n) is 8.23. The third kappa shape index (κ3) is 4.74. The Hall–Kier alpha value is -1.49. The van der Waals surface area contributed by atoms with Gasteiger partial charge in [-0.1, -0.05) is 0 Å². The highest BCUT2D eigenvalue weighted by molar-refractivity contribution is 7.98. The van der Waals surface area contributed by atoms with Crippen molar-refractivity contribution in [2.75, 3.05) is 23.9 Å². The largest absolute Gasteiger partial charge is 0.336 e. The number of hydrogen-bond donors (Lipinski definition) is 1. The van der Waals surface area contributed by atoms with E-state index in [1.54, 1.807) is 11.8 Å². The van der Waals surface area contributed by atoms with Crippen LogP contribution in [0.3, 0.4) is 0 Å². The van der Waals surface area contributed by atoms with E-state index in [1.807, 2.05) is 36.3 Å². The summed E-state index contributed by atoms with van der Waals surface area (Å²) in [4.78, 5) is 26.5. The number of carbonyl (C=O) groups is 2. The Labute approximate surface area is 143 Å². The summed E-state index contributed by atoms with van der Waals surface area (Å²) in [5.74, 6) is 0.931. The lowest BCUT2D eigenvalue weighted by Crippen LogP contribution is -2.42. The van der Waals surface area contributed by atoms with Crippen LogP contribution < -0.4 is 5.32 Å². The minimum atomic E-state index is 0.0196. The van der Waals surface area contributed by atoms with E-state index in [9.17, 15) is 9.59 Å². The van der Waals surface area contributed by atoms with Crippen LogP contribution in [-0.2, 0) is 4.79 Å². The smallest absolute Gasteiger partial charge is 0.254 e. The first kappa shape index (κ1) is 17.9. The Kier molecular flexibility index (Phi) is 6.51. The molecule has 1 aliphatic rings. The van der Waals surface area contributed by atoms with E-state index in [0.29, 0.717) is 18.0 Å². The number of hydrogen-bond acceptors (Lipinski definition) is 3. The predicted octanol–water partition coefficient (Wildman–Crippen LogP) is 3.70.